The first-order valence-electron chi connectivity index (χ1n) is 5.32. The Hall–Kier alpha value is 0.420. The molecule has 0 amide bonds. The summed E-state index contributed by atoms with van der Waals surface area (Å²) in [6, 6.07) is 0. The summed E-state index contributed by atoms with van der Waals surface area (Å²) in [7, 11) is 0. The van der Waals surface area contributed by atoms with E-state index in [4.69, 9.17) is 18.5 Å². The average Bonchev–Trinajstić information content (AvgIpc) is 2.57. The van der Waals surface area contributed by atoms with Gasteiger partial charge in [-0.1, -0.05) is 0 Å². The molecule has 2 heterocycles. The Kier molecular flexibility index (Phi) is 3.99. The molecule has 0 radical (unpaired) electrons. The fourth-order valence-corrected chi connectivity index (χ4v) is 4.74. The molecule has 2 unspecified atom stereocenters. The highest BCUT2D eigenvalue weighted by Crippen LogP contribution is 2.62. The zero-order valence-corrected chi connectivity index (χ0v) is 11.2. The molecule has 0 saturated carbocycles. The van der Waals surface area contributed by atoms with Gasteiger partial charge in [-0.2, -0.15) is 0 Å². The normalized spacial score (nSPS) is 38.8. The minimum absolute atomic E-state index is 0.160. The van der Waals surface area contributed by atoms with E-state index in [1.165, 1.54) is 11.4 Å². The standard InChI is InChI=1S/C9H17O5PS/c1-9(2)7-11-8(14-9)6-13-15(10)12-4-3-5-16-15/h8H,3-7H2,1-2H3. The van der Waals surface area contributed by atoms with Crippen molar-refractivity contribution in [1.29, 1.82) is 0 Å². The average molecular weight is 268 g/mol. The lowest BCUT2D eigenvalue weighted by atomic mass is 10.2. The van der Waals surface area contributed by atoms with Crippen molar-refractivity contribution in [3.63, 3.8) is 0 Å². The number of rotatable bonds is 3. The summed E-state index contributed by atoms with van der Waals surface area (Å²) >= 11 is 1.25. The van der Waals surface area contributed by atoms with E-state index in [0.29, 0.717) is 13.2 Å². The first-order chi connectivity index (χ1) is 7.49. The van der Waals surface area contributed by atoms with Crippen LogP contribution in [0.2, 0.25) is 0 Å². The van der Waals surface area contributed by atoms with Gasteiger partial charge in [0.15, 0.2) is 6.29 Å². The van der Waals surface area contributed by atoms with Crippen LogP contribution in [0.3, 0.4) is 0 Å². The Morgan fingerprint density at radius 2 is 2.38 bits per heavy atom. The largest absolute Gasteiger partial charge is 0.389 e. The van der Waals surface area contributed by atoms with Gasteiger partial charge in [0.25, 0.3) is 0 Å². The molecule has 7 heteroatoms. The lowest BCUT2D eigenvalue weighted by Crippen LogP contribution is -2.24. The molecule has 2 saturated heterocycles. The Labute approximate surface area is 99.4 Å². The fourth-order valence-electron chi connectivity index (χ4n) is 1.48. The van der Waals surface area contributed by atoms with E-state index in [1.54, 1.807) is 0 Å². The lowest BCUT2D eigenvalue weighted by molar-refractivity contribution is -0.100. The van der Waals surface area contributed by atoms with Crippen molar-refractivity contribution in [2.24, 2.45) is 0 Å². The third kappa shape index (κ3) is 3.45. The maximum Gasteiger partial charge on any atom is 0.389 e. The first-order valence-corrected chi connectivity index (χ1v) is 8.46. The summed E-state index contributed by atoms with van der Waals surface area (Å²) in [5.74, 6) is 0.815. The second-order valence-electron chi connectivity index (χ2n) is 4.38. The monoisotopic (exact) mass is 268 g/mol. The summed E-state index contributed by atoms with van der Waals surface area (Å²) < 4.78 is 33.3. The summed E-state index contributed by atoms with van der Waals surface area (Å²) in [6.45, 7) is 2.13. The van der Waals surface area contributed by atoms with Gasteiger partial charge in [-0.15, -0.1) is 0 Å². The lowest BCUT2D eigenvalue weighted by Gasteiger charge is -2.23. The van der Waals surface area contributed by atoms with Gasteiger partial charge in [-0.05, 0) is 31.7 Å². The molecule has 0 aromatic rings. The van der Waals surface area contributed by atoms with E-state index in [-0.39, 0.29) is 12.2 Å². The van der Waals surface area contributed by atoms with Crippen LogP contribution in [0, 0.1) is 0 Å². The molecule has 2 atom stereocenters. The van der Waals surface area contributed by atoms with Crippen LogP contribution in [0.25, 0.3) is 0 Å². The molecule has 0 aliphatic carbocycles. The first kappa shape index (κ1) is 12.9. The highest BCUT2D eigenvalue weighted by Gasteiger charge is 2.36. The van der Waals surface area contributed by atoms with Crippen molar-refractivity contribution in [3.05, 3.63) is 0 Å². The quantitative estimate of drug-likeness (QED) is 0.733. The Bertz CT molecular complexity index is 286. The van der Waals surface area contributed by atoms with Crippen LogP contribution in [0.15, 0.2) is 0 Å². The van der Waals surface area contributed by atoms with Crippen molar-refractivity contribution in [3.8, 4) is 0 Å². The molecule has 2 fully saturated rings. The molecule has 16 heavy (non-hydrogen) atoms. The van der Waals surface area contributed by atoms with Gasteiger partial charge in [0.05, 0.1) is 18.8 Å². The SMILES string of the molecule is CC1(C)COC(COP2(=O)OCCCS2)O1. The number of ether oxygens (including phenoxy) is 2. The minimum Gasteiger partial charge on any atom is -0.347 e. The van der Waals surface area contributed by atoms with Crippen LogP contribution >= 0.6 is 18.2 Å². The minimum atomic E-state index is -2.95. The van der Waals surface area contributed by atoms with Gasteiger partial charge < -0.3 is 14.0 Å². The molecular formula is C9H17O5PS. The Morgan fingerprint density at radius 1 is 1.56 bits per heavy atom. The molecular weight excluding hydrogens is 251 g/mol. The highest BCUT2D eigenvalue weighted by molar-refractivity contribution is 8.55. The van der Waals surface area contributed by atoms with Gasteiger partial charge in [0, 0.05) is 5.75 Å². The van der Waals surface area contributed by atoms with Crippen LogP contribution < -0.4 is 0 Å². The maximum atomic E-state index is 12.0. The van der Waals surface area contributed by atoms with Crippen LogP contribution in [-0.2, 0) is 23.1 Å². The van der Waals surface area contributed by atoms with Crippen LogP contribution in [0.4, 0.5) is 0 Å². The summed E-state index contributed by atoms with van der Waals surface area (Å²) in [4.78, 5) is 0. The fraction of sp³-hybridized carbons (Fsp3) is 1.00. The van der Waals surface area contributed by atoms with Crippen molar-refractivity contribution >= 4 is 18.2 Å². The molecule has 2 aliphatic rings. The van der Waals surface area contributed by atoms with Gasteiger partial charge >= 0.3 is 6.80 Å². The van der Waals surface area contributed by atoms with Gasteiger partial charge in [0.1, 0.15) is 6.61 Å². The van der Waals surface area contributed by atoms with E-state index >= 15 is 0 Å². The zero-order valence-electron chi connectivity index (χ0n) is 9.51. The molecule has 94 valence electrons. The number of hydrogen-bond donors (Lipinski definition) is 0. The van der Waals surface area contributed by atoms with Crippen molar-refractivity contribution in [2.45, 2.75) is 32.2 Å². The van der Waals surface area contributed by atoms with E-state index in [1.807, 2.05) is 13.8 Å². The maximum absolute atomic E-state index is 12.0. The molecule has 2 rings (SSSR count). The third-order valence-corrected chi connectivity index (χ3v) is 6.10. The van der Waals surface area contributed by atoms with Crippen LogP contribution in [0.1, 0.15) is 20.3 Å². The van der Waals surface area contributed by atoms with Crippen molar-refractivity contribution in [1.82, 2.24) is 0 Å². The molecule has 0 aromatic carbocycles. The second-order valence-corrected chi connectivity index (χ2v) is 8.57. The molecule has 0 spiro atoms. The second kappa shape index (κ2) is 4.96. The zero-order chi connectivity index (χ0) is 11.6. The Morgan fingerprint density at radius 3 is 2.94 bits per heavy atom. The summed E-state index contributed by atoms with van der Waals surface area (Å²) in [5.41, 5.74) is -0.289. The predicted octanol–water partition coefficient (Wildman–Crippen LogP) is 2.42. The van der Waals surface area contributed by atoms with E-state index < -0.39 is 13.1 Å². The summed E-state index contributed by atoms with van der Waals surface area (Å²) in [5, 5.41) is 0. The van der Waals surface area contributed by atoms with Crippen molar-refractivity contribution in [2.75, 3.05) is 25.6 Å². The van der Waals surface area contributed by atoms with Gasteiger partial charge in [0.2, 0.25) is 0 Å². The smallest absolute Gasteiger partial charge is 0.347 e. The molecule has 0 aromatic heterocycles. The number of hydrogen-bond acceptors (Lipinski definition) is 6. The molecule has 0 bridgehead atoms. The highest BCUT2D eigenvalue weighted by atomic mass is 32.7. The van der Waals surface area contributed by atoms with Crippen molar-refractivity contribution < 1.29 is 23.1 Å². The van der Waals surface area contributed by atoms with E-state index in [9.17, 15) is 4.57 Å². The van der Waals surface area contributed by atoms with Crippen LogP contribution in [-0.4, -0.2) is 37.5 Å². The predicted molar refractivity (Wildman–Crippen MR) is 61.5 cm³/mol. The summed E-state index contributed by atoms with van der Waals surface area (Å²) in [6.07, 6.45) is 0.480. The Balaban J connectivity index is 1.77. The molecule has 0 N–H and O–H groups in total. The third-order valence-electron chi connectivity index (χ3n) is 2.22. The van der Waals surface area contributed by atoms with E-state index in [0.717, 1.165) is 12.2 Å². The molecule has 2 aliphatic heterocycles. The van der Waals surface area contributed by atoms with E-state index in [2.05, 4.69) is 0 Å². The topological polar surface area (TPSA) is 54.0 Å². The van der Waals surface area contributed by atoms with Gasteiger partial charge in [-0.3, -0.25) is 4.52 Å². The molecule has 5 nitrogen and oxygen atoms in total. The van der Waals surface area contributed by atoms with Gasteiger partial charge in [-0.25, -0.2) is 4.57 Å². The van der Waals surface area contributed by atoms with Crippen LogP contribution in [0.5, 0.6) is 0 Å².